The number of carbonyl (C=O) groups is 1. The summed E-state index contributed by atoms with van der Waals surface area (Å²) in [6.45, 7) is 2.30. The lowest BCUT2D eigenvalue weighted by molar-refractivity contribution is -0.131. The standard InChI is InChI=1S/C22H38O2/c1-2-3-4-7-18-10-14-20(15-11-18)21-16-12-19(13-17-21)8-5-6-9-22(23)24/h6,9,18-21H,2-5,7-8,10-17H2,1H3,(H,23,24)/b9-6+. The van der Waals surface area contributed by atoms with Crippen molar-refractivity contribution in [2.24, 2.45) is 23.7 Å². The summed E-state index contributed by atoms with van der Waals surface area (Å²) in [4.78, 5) is 10.5. The van der Waals surface area contributed by atoms with Gasteiger partial charge in [0.2, 0.25) is 0 Å². The van der Waals surface area contributed by atoms with Gasteiger partial charge in [0.15, 0.2) is 0 Å². The normalized spacial score (nSPS) is 31.4. The van der Waals surface area contributed by atoms with Gasteiger partial charge in [0.25, 0.3) is 0 Å². The van der Waals surface area contributed by atoms with Gasteiger partial charge >= 0.3 is 5.97 Å². The molecule has 0 saturated heterocycles. The first kappa shape index (κ1) is 19.5. The second-order valence-electron chi connectivity index (χ2n) is 8.38. The zero-order valence-corrected chi connectivity index (χ0v) is 15.7. The Kier molecular flexibility index (Phi) is 8.91. The van der Waals surface area contributed by atoms with Crippen LogP contribution in [0.1, 0.15) is 96.8 Å². The predicted molar refractivity (Wildman–Crippen MR) is 101 cm³/mol. The smallest absolute Gasteiger partial charge is 0.327 e. The number of aliphatic carboxylic acids is 1. The number of carboxylic acid groups (broad SMARTS) is 1. The summed E-state index contributed by atoms with van der Waals surface area (Å²) in [5.74, 6) is 3.06. The summed E-state index contributed by atoms with van der Waals surface area (Å²) in [5, 5.41) is 8.62. The fraction of sp³-hybridized carbons (Fsp3) is 0.864. The zero-order valence-electron chi connectivity index (χ0n) is 15.7. The van der Waals surface area contributed by atoms with Gasteiger partial charge in [-0.05, 0) is 62.2 Å². The summed E-state index contributed by atoms with van der Waals surface area (Å²) >= 11 is 0. The van der Waals surface area contributed by atoms with Crippen LogP contribution in [0.4, 0.5) is 0 Å². The first-order valence-corrected chi connectivity index (χ1v) is 10.6. The molecule has 2 aliphatic carbocycles. The highest BCUT2D eigenvalue weighted by Crippen LogP contribution is 2.43. The molecule has 138 valence electrons. The van der Waals surface area contributed by atoms with Gasteiger partial charge in [-0.25, -0.2) is 4.79 Å². The molecule has 2 fully saturated rings. The molecule has 24 heavy (non-hydrogen) atoms. The number of rotatable bonds is 9. The molecular formula is C22H38O2. The lowest BCUT2D eigenvalue weighted by Gasteiger charge is -2.38. The van der Waals surface area contributed by atoms with Crippen LogP contribution in [0.3, 0.4) is 0 Å². The van der Waals surface area contributed by atoms with E-state index in [9.17, 15) is 4.79 Å². The maximum absolute atomic E-state index is 10.5. The summed E-state index contributed by atoms with van der Waals surface area (Å²) < 4.78 is 0. The molecule has 2 saturated carbocycles. The van der Waals surface area contributed by atoms with Crippen LogP contribution < -0.4 is 0 Å². The summed E-state index contributed by atoms with van der Waals surface area (Å²) in [7, 11) is 0. The van der Waals surface area contributed by atoms with E-state index in [1.165, 1.54) is 89.5 Å². The number of hydrogen-bond acceptors (Lipinski definition) is 1. The highest BCUT2D eigenvalue weighted by atomic mass is 16.4. The van der Waals surface area contributed by atoms with E-state index in [1.807, 2.05) is 6.08 Å². The molecule has 0 aromatic rings. The van der Waals surface area contributed by atoms with Gasteiger partial charge in [0, 0.05) is 6.08 Å². The first-order valence-electron chi connectivity index (χ1n) is 10.6. The largest absolute Gasteiger partial charge is 0.478 e. The topological polar surface area (TPSA) is 37.3 Å². The molecule has 0 bridgehead atoms. The Bertz CT molecular complexity index is 371. The van der Waals surface area contributed by atoms with E-state index >= 15 is 0 Å². The summed E-state index contributed by atoms with van der Waals surface area (Å²) in [6, 6.07) is 0. The van der Waals surface area contributed by atoms with Crippen molar-refractivity contribution in [2.45, 2.75) is 96.8 Å². The van der Waals surface area contributed by atoms with Crippen molar-refractivity contribution in [1.29, 1.82) is 0 Å². The number of allylic oxidation sites excluding steroid dienone is 1. The molecule has 0 aromatic heterocycles. The van der Waals surface area contributed by atoms with Crippen molar-refractivity contribution in [3.05, 3.63) is 12.2 Å². The first-order chi connectivity index (χ1) is 11.7. The van der Waals surface area contributed by atoms with Crippen LogP contribution >= 0.6 is 0 Å². The van der Waals surface area contributed by atoms with Crippen molar-refractivity contribution < 1.29 is 9.90 Å². The lowest BCUT2D eigenvalue weighted by atomic mass is 9.68. The molecule has 2 nitrogen and oxygen atoms in total. The monoisotopic (exact) mass is 334 g/mol. The second kappa shape index (κ2) is 10.9. The van der Waals surface area contributed by atoms with Gasteiger partial charge in [-0.2, -0.15) is 0 Å². The van der Waals surface area contributed by atoms with Gasteiger partial charge in [0.05, 0.1) is 0 Å². The second-order valence-corrected chi connectivity index (χ2v) is 8.38. The van der Waals surface area contributed by atoms with Crippen molar-refractivity contribution in [1.82, 2.24) is 0 Å². The highest BCUT2D eigenvalue weighted by Gasteiger charge is 2.30. The predicted octanol–water partition coefficient (Wildman–Crippen LogP) is 6.60. The molecule has 0 amide bonds. The molecule has 0 aromatic carbocycles. The van der Waals surface area contributed by atoms with Crippen molar-refractivity contribution in [3.8, 4) is 0 Å². The third kappa shape index (κ3) is 6.99. The van der Waals surface area contributed by atoms with Gasteiger partial charge in [-0.15, -0.1) is 0 Å². The minimum Gasteiger partial charge on any atom is -0.478 e. The maximum atomic E-state index is 10.5. The Labute approximate surface area is 149 Å². The van der Waals surface area contributed by atoms with E-state index in [-0.39, 0.29) is 0 Å². The Balaban J connectivity index is 1.58. The number of hydrogen-bond donors (Lipinski definition) is 1. The fourth-order valence-corrected chi connectivity index (χ4v) is 5.10. The van der Waals surface area contributed by atoms with E-state index in [2.05, 4.69) is 6.92 Å². The molecule has 1 N–H and O–H groups in total. The van der Waals surface area contributed by atoms with Crippen molar-refractivity contribution >= 4 is 5.97 Å². The average Bonchev–Trinajstić information content (AvgIpc) is 2.60. The van der Waals surface area contributed by atoms with E-state index < -0.39 is 5.97 Å². The lowest BCUT2D eigenvalue weighted by Crippen LogP contribution is -2.25. The molecule has 0 aliphatic heterocycles. The van der Waals surface area contributed by atoms with Crippen LogP contribution in [0, 0.1) is 23.7 Å². The molecular weight excluding hydrogens is 296 g/mol. The van der Waals surface area contributed by atoms with Crippen molar-refractivity contribution in [3.63, 3.8) is 0 Å². The van der Waals surface area contributed by atoms with Gasteiger partial charge < -0.3 is 5.11 Å². The molecule has 2 aliphatic rings. The fourth-order valence-electron chi connectivity index (χ4n) is 5.10. The van der Waals surface area contributed by atoms with Crippen LogP contribution in [0.15, 0.2) is 12.2 Å². The minimum absolute atomic E-state index is 0.816. The number of carboxylic acids is 1. The zero-order chi connectivity index (χ0) is 17.2. The molecule has 0 radical (unpaired) electrons. The van der Waals surface area contributed by atoms with Crippen LogP contribution in [-0.2, 0) is 4.79 Å². The van der Waals surface area contributed by atoms with Gasteiger partial charge in [-0.1, -0.05) is 64.4 Å². The van der Waals surface area contributed by atoms with Crippen LogP contribution in [0.5, 0.6) is 0 Å². The Morgan fingerprint density at radius 2 is 1.42 bits per heavy atom. The molecule has 0 atom stereocenters. The molecule has 0 heterocycles. The van der Waals surface area contributed by atoms with Crippen molar-refractivity contribution in [2.75, 3.05) is 0 Å². The minimum atomic E-state index is -0.816. The Morgan fingerprint density at radius 3 is 1.92 bits per heavy atom. The summed E-state index contributed by atoms with van der Waals surface area (Å²) in [5.41, 5.74) is 0. The third-order valence-electron chi connectivity index (χ3n) is 6.67. The SMILES string of the molecule is CCCCCC1CCC(C2CCC(CC/C=C/C(=O)O)CC2)CC1. The Hall–Kier alpha value is -0.790. The van der Waals surface area contributed by atoms with Gasteiger partial charge in [0.1, 0.15) is 0 Å². The van der Waals surface area contributed by atoms with Crippen LogP contribution in [-0.4, -0.2) is 11.1 Å². The average molecular weight is 335 g/mol. The molecule has 0 unspecified atom stereocenters. The van der Waals surface area contributed by atoms with E-state index in [1.54, 1.807) is 0 Å². The molecule has 2 heteroatoms. The van der Waals surface area contributed by atoms with Crippen LogP contribution in [0.2, 0.25) is 0 Å². The number of unbranched alkanes of at least 4 members (excludes halogenated alkanes) is 2. The molecule has 2 rings (SSSR count). The van der Waals surface area contributed by atoms with Crippen LogP contribution in [0.25, 0.3) is 0 Å². The third-order valence-corrected chi connectivity index (χ3v) is 6.67. The van der Waals surface area contributed by atoms with Gasteiger partial charge in [-0.3, -0.25) is 0 Å². The quantitative estimate of drug-likeness (QED) is 0.381. The van der Waals surface area contributed by atoms with E-state index in [0.717, 1.165) is 30.1 Å². The highest BCUT2D eigenvalue weighted by molar-refractivity contribution is 5.79. The maximum Gasteiger partial charge on any atom is 0.327 e. The van der Waals surface area contributed by atoms with E-state index in [0.29, 0.717) is 0 Å². The summed E-state index contributed by atoms with van der Waals surface area (Å²) in [6.07, 6.45) is 22.5. The molecule has 0 spiro atoms. The van der Waals surface area contributed by atoms with E-state index in [4.69, 9.17) is 5.11 Å². The Morgan fingerprint density at radius 1 is 0.875 bits per heavy atom.